The molecule has 0 radical (unpaired) electrons. The first-order chi connectivity index (χ1) is 13.9. The van der Waals surface area contributed by atoms with E-state index in [0.717, 1.165) is 18.5 Å². The Bertz CT molecular complexity index is 1020. The molecule has 0 bridgehead atoms. The molecule has 150 valence electrons. The van der Waals surface area contributed by atoms with E-state index in [1.807, 2.05) is 13.8 Å². The van der Waals surface area contributed by atoms with Gasteiger partial charge in [0.15, 0.2) is 0 Å². The van der Waals surface area contributed by atoms with Crippen LogP contribution in [0.4, 0.5) is 4.39 Å². The van der Waals surface area contributed by atoms with Crippen molar-refractivity contribution in [3.8, 4) is 0 Å². The molecule has 2 aromatic heterocycles. The van der Waals surface area contributed by atoms with Gasteiger partial charge in [0.2, 0.25) is 5.89 Å². The third kappa shape index (κ3) is 4.04. The molecule has 1 aliphatic heterocycles. The predicted molar refractivity (Wildman–Crippen MR) is 105 cm³/mol. The summed E-state index contributed by atoms with van der Waals surface area (Å²) in [4.78, 5) is 27.5. The summed E-state index contributed by atoms with van der Waals surface area (Å²) in [7, 11) is 0. The first-order valence-electron chi connectivity index (χ1n) is 9.71. The fourth-order valence-corrected chi connectivity index (χ4v) is 3.75. The van der Waals surface area contributed by atoms with Crippen LogP contribution in [0, 0.1) is 12.7 Å². The Morgan fingerprint density at radius 3 is 2.79 bits per heavy atom. The fourth-order valence-electron chi connectivity index (χ4n) is 3.75. The summed E-state index contributed by atoms with van der Waals surface area (Å²) >= 11 is 0. The Hall–Kier alpha value is -3.09. The van der Waals surface area contributed by atoms with Gasteiger partial charge in [-0.05, 0) is 38.3 Å². The highest BCUT2D eigenvalue weighted by Gasteiger charge is 2.39. The van der Waals surface area contributed by atoms with Gasteiger partial charge in [-0.25, -0.2) is 14.4 Å². The molecule has 1 saturated heterocycles. The zero-order valence-corrected chi connectivity index (χ0v) is 16.6. The second-order valence-electron chi connectivity index (χ2n) is 7.83. The zero-order valence-electron chi connectivity index (χ0n) is 16.6. The van der Waals surface area contributed by atoms with Crippen molar-refractivity contribution < 1.29 is 13.6 Å². The third-order valence-corrected chi connectivity index (χ3v) is 5.38. The summed E-state index contributed by atoms with van der Waals surface area (Å²) in [6.45, 7) is 5.03. The lowest BCUT2D eigenvalue weighted by molar-refractivity contribution is 0.0619. The first-order valence-corrected chi connectivity index (χ1v) is 9.71. The van der Waals surface area contributed by atoms with Crippen LogP contribution in [-0.4, -0.2) is 38.8 Å². The molecule has 1 aromatic carbocycles. The molecule has 0 aliphatic carbocycles. The predicted octanol–water partition coefficient (Wildman–Crippen LogP) is 3.70. The Labute approximate surface area is 168 Å². The van der Waals surface area contributed by atoms with Crippen LogP contribution >= 0.6 is 0 Å². The standard InChI is InChI=1S/C22H23FN4O2/c1-15-11-25-19(13-24-15)20(28)27-9-5-8-22(2,14-27)21-26-12-17(29-21)10-16-6-3-4-7-18(16)23/h3-4,6-7,11-13H,5,8-10,14H2,1-2H3/t22-/m1/s1. The number of piperidine rings is 1. The number of hydrogen-bond acceptors (Lipinski definition) is 5. The molecule has 0 N–H and O–H groups in total. The lowest BCUT2D eigenvalue weighted by atomic mass is 9.81. The highest BCUT2D eigenvalue weighted by Crippen LogP contribution is 2.34. The SMILES string of the molecule is Cc1cnc(C(=O)N2CCC[C@@](C)(c3ncc(Cc4ccccc4F)o3)C2)cn1. The molecule has 3 heterocycles. The maximum Gasteiger partial charge on any atom is 0.274 e. The molecule has 29 heavy (non-hydrogen) atoms. The number of aromatic nitrogens is 3. The van der Waals surface area contributed by atoms with Gasteiger partial charge in [-0.2, -0.15) is 0 Å². The molecule has 1 amide bonds. The summed E-state index contributed by atoms with van der Waals surface area (Å²) in [5.74, 6) is 0.794. The van der Waals surface area contributed by atoms with Crippen LogP contribution in [0.2, 0.25) is 0 Å². The van der Waals surface area contributed by atoms with Crippen LogP contribution in [0.1, 0.15) is 53.2 Å². The number of benzene rings is 1. The highest BCUT2D eigenvalue weighted by atomic mass is 19.1. The largest absolute Gasteiger partial charge is 0.445 e. The van der Waals surface area contributed by atoms with E-state index in [-0.39, 0.29) is 11.7 Å². The summed E-state index contributed by atoms with van der Waals surface area (Å²) in [5.41, 5.74) is 1.28. The summed E-state index contributed by atoms with van der Waals surface area (Å²) < 4.78 is 19.9. The fraction of sp³-hybridized carbons (Fsp3) is 0.364. The van der Waals surface area contributed by atoms with Crippen molar-refractivity contribution in [2.75, 3.05) is 13.1 Å². The first kappa shape index (κ1) is 19.2. The summed E-state index contributed by atoms with van der Waals surface area (Å²) in [6.07, 6.45) is 6.81. The van der Waals surface area contributed by atoms with Crippen molar-refractivity contribution in [1.29, 1.82) is 0 Å². The molecule has 4 rings (SSSR count). The smallest absolute Gasteiger partial charge is 0.274 e. The Morgan fingerprint density at radius 1 is 1.21 bits per heavy atom. The number of likely N-dealkylation sites (tertiary alicyclic amines) is 1. The van der Waals surface area contributed by atoms with Crippen molar-refractivity contribution in [3.05, 3.63) is 77.3 Å². The van der Waals surface area contributed by atoms with Crippen molar-refractivity contribution in [2.45, 2.75) is 38.5 Å². The number of halogens is 1. The normalized spacial score (nSPS) is 19.3. The zero-order chi connectivity index (χ0) is 20.4. The lowest BCUT2D eigenvalue weighted by Crippen LogP contribution is -2.47. The van der Waals surface area contributed by atoms with Gasteiger partial charge in [0.25, 0.3) is 5.91 Å². The quantitative estimate of drug-likeness (QED) is 0.675. The number of nitrogens with zero attached hydrogens (tertiary/aromatic N) is 4. The van der Waals surface area contributed by atoms with E-state index < -0.39 is 5.41 Å². The van der Waals surface area contributed by atoms with E-state index in [4.69, 9.17) is 4.42 Å². The Morgan fingerprint density at radius 2 is 2.03 bits per heavy atom. The summed E-state index contributed by atoms with van der Waals surface area (Å²) in [5, 5.41) is 0. The van der Waals surface area contributed by atoms with Crippen LogP contribution in [0.15, 0.2) is 47.3 Å². The van der Waals surface area contributed by atoms with Gasteiger partial charge in [-0.1, -0.05) is 18.2 Å². The summed E-state index contributed by atoms with van der Waals surface area (Å²) in [6, 6.07) is 6.64. The third-order valence-electron chi connectivity index (χ3n) is 5.38. The number of carbonyl (C=O) groups is 1. The van der Waals surface area contributed by atoms with Gasteiger partial charge < -0.3 is 9.32 Å². The molecule has 0 spiro atoms. The molecule has 0 saturated carbocycles. The molecule has 7 heteroatoms. The molecule has 1 aliphatic rings. The minimum absolute atomic E-state index is 0.137. The van der Waals surface area contributed by atoms with Gasteiger partial charge in [-0.3, -0.25) is 9.78 Å². The number of carbonyl (C=O) groups excluding carboxylic acids is 1. The Kier molecular flexibility index (Phi) is 5.13. The maximum absolute atomic E-state index is 13.9. The minimum atomic E-state index is -0.403. The van der Waals surface area contributed by atoms with Crippen LogP contribution in [0.3, 0.4) is 0 Å². The lowest BCUT2D eigenvalue weighted by Gasteiger charge is -2.38. The van der Waals surface area contributed by atoms with Crippen LogP contribution in [-0.2, 0) is 11.8 Å². The Balaban J connectivity index is 1.50. The molecular weight excluding hydrogens is 371 g/mol. The van der Waals surface area contributed by atoms with Crippen LogP contribution in [0.25, 0.3) is 0 Å². The van der Waals surface area contributed by atoms with Crippen molar-refractivity contribution >= 4 is 5.91 Å². The second-order valence-corrected chi connectivity index (χ2v) is 7.83. The number of hydrogen-bond donors (Lipinski definition) is 0. The van der Waals surface area contributed by atoms with Crippen molar-refractivity contribution in [2.24, 2.45) is 0 Å². The van der Waals surface area contributed by atoms with E-state index in [9.17, 15) is 9.18 Å². The van der Waals surface area contributed by atoms with E-state index in [2.05, 4.69) is 15.0 Å². The molecule has 1 atom stereocenters. The molecular formula is C22H23FN4O2. The van der Waals surface area contributed by atoms with Crippen LogP contribution in [0.5, 0.6) is 0 Å². The number of amides is 1. The topological polar surface area (TPSA) is 72.1 Å². The van der Waals surface area contributed by atoms with Gasteiger partial charge >= 0.3 is 0 Å². The monoisotopic (exact) mass is 394 g/mol. The number of oxazole rings is 1. The van der Waals surface area contributed by atoms with Gasteiger partial charge in [0.1, 0.15) is 17.3 Å². The highest BCUT2D eigenvalue weighted by molar-refractivity contribution is 5.92. The van der Waals surface area contributed by atoms with Gasteiger partial charge in [0, 0.05) is 25.7 Å². The minimum Gasteiger partial charge on any atom is -0.445 e. The second kappa shape index (κ2) is 7.73. The average Bonchev–Trinajstić information content (AvgIpc) is 3.19. The van der Waals surface area contributed by atoms with E-state index in [1.54, 1.807) is 35.5 Å². The molecule has 6 nitrogen and oxygen atoms in total. The van der Waals surface area contributed by atoms with E-state index >= 15 is 0 Å². The van der Waals surface area contributed by atoms with Gasteiger partial charge in [-0.15, -0.1) is 0 Å². The number of rotatable bonds is 4. The molecule has 0 unspecified atom stereocenters. The van der Waals surface area contributed by atoms with E-state index in [1.165, 1.54) is 12.3 Å². The molecule has 1 fully saturated rings. The van der Waals surface area contributed by atoms with E-state index in [0.29, 0.717) is 42.4 Å². The van der Waals surface area contributed by atoms with Crippen LogP contribution < -0.4 is 0 Å². The van der Waals surface area contributed by atoms with Gasteiger partial charge in [0.05, 0.1) is 23.5 Å². The maximum atomic E-state index is 13.9. The van der Waals surface area contributed by atoms with Crippen molar-refractivity contribution in [3.63, 3.8) is 0 Å². The molecule has 3 aromatic rings. The average molecular weight is 394 g/mol. The van der Waals surface area contributed by atoms with Crippen molar-refractivity contribution in [1.82, 2.24) is 19.9 Å². The number of aryl methyl sites for hydroxylation is 1.